The molecule has 2 fully saturated rings. The van der Waals surface area contributed by atoms with Gasteiger partial charge in [0.1, 0.15) is 0 Å². The number of halogens is 1. The van der Waals surface area contributed by atoms with Crippen molar-refractivity contribution >= 4 is 23.2 Å². The second-order valence-corrected chi connectivity index (χ2v) is 8.79. The Kier molecular flexibility index (Phi) is 4.56. The highest BCUT2D eigenvalue weighted by Crippen LogP contribution is 2.50. The van der Waals surface area contributed by atoms with Gasteiger partial charge in [-0.25, -0.2) is 0 Å². The van der Waals surface area contributed by atoms with E-state index in [2.05, 4.69) is 39.9 Å². The van der Waals surface area contributed by atoms with Crippen molar-refractivity contribution in [3.63, 3.8) is 0 Å². The Bertz CT molecular complexity index is 906. The quantitative estimate of drug-likeness (QED) is 0.763. The third-order valence-corrected chi connectivity index (χ3v) is 6.91. The lowest BCUT2D eigenvalue weighted by Crippen LogP contribution is -2.44. The fourth-order valence-electron chi connectivity index (χ4n) is 5.06. The van der Waals surface area contributed by atoms with Crippen molar-refractivity contribution in [3.05, 3.63) is 64.2 Å². The van der Waals surface area contributed by atoms with Crippen molar-refractivity contribution in [2.24, 2.45) is 0 Å². The molecule has 2 heterocycles. The number of hydrogen-bond donors (Lipinski definition) is 0. The molecule has 0 aromatic heterocycles. The van der Waals surface area contributed by atoms with E-state index in [0.29, 0.717) is 16.5 Å². The number of nitrogens with zero attached hydrogens (tertiary/aromatic N) is 3. The van der Waals surface area contributed by atoms with Crippen molar-refractivity contribution in [1.82, 2.24) is 9.80 Å². The van der Waals surface area contributed by atoms with Gasteiger partial charge in [-0.05, 0) is 67.3 Å². The zero-order chi connectivity index (χ0) is 19.3. The molecule has 2 aromatic carbocycles. The predicted molar refractivity (Wildman–Crippen MR) is 113 cm³/mol. The highest BCUT2D eigenvalue weighted by Gasteiger charge is 2.41. The van der Waals surface area contributed by atoms with Gasteiger partial charge in [0.15, 0.2) is 0 Å². The van der Waals surface area contributed by atoms with Crippen LogP contribution in [0, 0.1) is 0 Å². The molecule has 28 heavy (non-hydrogen) atoms. The second-order valence-electron chi connectivity index (χ2n) is 8.35. The first-order chi connectivity index (χ1) is 13.6. The molecule has 146 valence electrons. The maximum Gasteiger partial charge on any atom is 0.254 e. The molecule has 5 rings (SSSR count). The smallest absolute Gasteiger partial charge is 0.254 e. The third-order valence-electron chi connectivity index (χ3n) is 6.67. The van der Waals surface area contributed by atoms with Crippen LogP contribution in [0.2, 0.25) is 5.02 Å². The van der Waals surface area contributed by atoms with Crippen LogP contribution in [-0.4, -0.2) is 55.5 Å². The van der Waals surface area contributed by atoms with Gasteiger partial charge in [-0.2, -0.15) is 0 Å². The summed E-state index contributed by atoms with van der Waals surface area (Å²) < 4.78 is 0. The monoisotopic (exact) mass is 395 g/mol. The standard InChI is InChI=1S/C23H26ClN3O/c1-25-9-11-26(12-10-25)19-5-6-20-16-7-8-27(22(14-16)21(20)15-19)23(28)17-3-2-4-18(24)13-17/h2-6,13,15-16,22H,7-12,14H2,1H3/t16?,22-/m1/s1. The van der Waals surface area contributed by atoms with Crippen molar-refractivity contribution in [1.29, 1.82) is 0 Å². The molecular formula is C23H26ClN3O. The Morgan fingerprint density at radius 1 is 1.00 bits per heavy atom. The normalized spacial score (nSPS) is 24.4. The number of piperidine rings is 1. The number of piperazine rings is 1. The molecule has 2 atom stereocenters. The number of likely N-dealkylation sites (N-methyl/N-ethyl adjacent to an activating group) is 1. The molecule has 2 saturated heterocycles. The summed E-state index contributed by atoms with van der Waals surface area (Å²) in [5.41, 5.74) is 4.79. The van der Waals surface area contributed by atoms with Gasteiger partial charge < -0.3 is 14.7 Å². The van der Waals surface area contributed by atoms with E-state index in [4.69, 9.17) is 11.6 Å². The van der Waals surface area contributed by atoms with Gasteiger partial charge in [-0.1, -0.05) is 23.7 Å². The average Bonchev–Trinajstić information content (AvgIpc) is 3.00. The molecule has 5 heteroatoms. The Balaban J connectivity index is 1.44. The lowest BCUT2D eigenvalue weighted by atomic mass is 9.95. The molecular weight excluding hydrogens is 370 g/mol. The van der Waals surface area contributed by atoms with E-state index in [-0.39, 0.29) is 11.9 Å². The fourth-order valence-corrected chi connectivity index (χ4v) is 5.25. The van der Waals surface area contributed by atoms with E-state index >= 15 is 0 Å². The summed E-state index contributed by atoms with van der Waals surface area (Å²) in [6, 6.07) is 14.5. The van der Waals surface area contributed by atoms with Crippen LogP contribution in [-0.2, 0) is 0 Å². The summed E-state index contributed by atoms with van der Waals surface area (Å²) in [5, 5.41) is 0.616. The topological polar surface area (TPSA) is 26.8 Å². The number of rotatable bonds is 2. The van der Waals surface area contributed by atoms with Gasteiger partial charge in [0.25, 0.3) is 5.91 Å². The summed E-state index contributed by atoms with van der Waals surface area (Å²) in [5.74, 6) is 0.689. The van der Waals surface area contributed by atoms with Crippen LogP contribution in [0.1, 0.15) is 46.3 Å². The Labute approximate surface area is 171 Å². The Morgan fingerprint density at radius 2 is 1.82 bits per heavy atom. The molecule has 1 amide bonds. The van der Waals surface area contributed by atoms with Crippen molar-refractivity contribution < 1.29 is 4.79 Å². The molecule has 0 radical (unpaired) electrons. The lowest BCUT2D eigenvalue weighted by Gasteiger charge is -2.35. The van der Waals surface area contributed by atoms with Crippen LogP contribution < -0.4 is 4.90 Å². The minimum atomic E-state index is 0.101. The van der Waals surface area contributed by atoms with E-state index < -0.39 is 0 Å². The van der Waals surface area contributed by atoms with Gasteiger partial charge in [-0.15, -0.1) is 0 Å². The van der Waals surface area contributed by atoms with E-state index in [1.807, 2.05) is 18.2 Å². The molecule has 1 aliphatic carbocycles. The van der Waals surface area contributed by atoms with E-state index in [1.165, 1.54) is 16.8 Å². The Morgan fingerprint density at radius 3 is 2.61 bits per heavy atom. The minimum absolute atomic E-state index is 0.101. The van der Waals surface area contributed by atoms with Crippen LogP contribution in [0.15, 0.2) is 42.5 Å². The van der Waals surface area contributed by atoms with Crippen molar-refractivity contribution in [2.45, 2.75) is 24.8 Å². The number of carbonyl (C=O) groups is 1. The molecule has 3 aliphatic rings. The number of carbonyl (C=O) groups excluding carboxylic acids is 1. The van der Waals surface area contributed by atoms with E-state index in [1.54, 1.807) is 6.07 Å². The zero-order valence-corrected chi connectivity index (χ0v) is 17.0. The summed E-state index contributed by atoms with van der Waals surface area (Å²) in [7, 11) is 2.18. The highest BCUT2D eigenvalue weighted by molar-refractivity contribution is 6.30. The first-order valence-electron chi connectivity index (χ1n) is 10.2. The molecule has 0 N–H and O–H groups in total. The molecule has 0 spiro atoms. The van der Waals surface area contributed by atoms with E-state index in [0.717, 1.165) is 45.6 Å². The van der Waals surface area contributed by atoms with Gasteiger partial charge >= 0.3 is 0 Å². The largest absolute Gasteiger partial charge is 0.369 e. The van der Waals surface area contributed by atoms with Crippen LogP contribution in [0.4, 0.5) is 5.69 Å². The van der Waals surface area contributed by atoms with Crippen molar-refractivity contribution in [3.8, 4) is 0 Å². The number of fused-ring (bicyclic) bond motifs is 5. The molecule has 2 aromatic rings. The number of hydrogen-bond acceptors (Lipinski definition) is 3. The minimum Gasteiger partial charge on any atom is -0.369 e. The summed E-state index contributed by atoms with van der Waals surface area (Å²) in [6.07, 6.45) is 2.09. The van der Waals surface area contributed by atoms with Gasteiger partial charge in [-0.3, -0.25) is 4.79 Å². The predicted octanol–water partition coefficient (Wildman–Crippen LogP) is 4.17. The first-order valence-corrected chi connectivity index (χ1v) is 10.6. The number of anilines is 1. The molecule has 4 nitrogen and oxygen atoms in total. The molecule has 1 unspecified atom stereocenters. The maximum atomic E-state index is 13.2. The SMILES string of the molecule is CN1CCN(c2ccc3c(c2)[C@H]2CC3CCN2C(=O)c2cccc(Cl)c2)CC1. The van der Waals surface area contributed by atoms with Crippen LogP contribution >= 0.6 is 11.6 Å². The first kappa shape index (κ1) is 18.0. The maximum absolute atomic E-state index is 13.2. The Hall–Kier alpha value is -2.04. The van der Waals surface area contributed by atoms with Crippen LogP contribution in [0.25, 0.3) is 0 Å². The number of amides is 1. The average molecular weight is 396 g/mol. The summed E-state index contributed by atoms with van der Waals surface area (Å²) in [6.45, 7) is 5.15. The molecule has 2 aliphatic heterocycles. The zero-order valence-electron chi connectivity index (χ0n) is 16.3. The van der Waals surface area contributed by atoms with Gasteiger partial charge in [0.2, 0.25) is 0 Å². The van der Waals surface area contributed by atoms with Gasteiger partial charge in [0.05, 0.1) is 6.04 Å². The van der Waals surface area contributed by atoms with Gasteiger partial charge in [0, 0.05) is 49.0 Å². The van der Waals surface area contributed by atoms with Crippen LogP contribution in [0.5, 0.6) is 0 Å². The van der Waals surface area contributed by atoms with Crippen LogP contribution in [0.3, 0.4) is 0 Å². The molecule has 2 bridgehead atoms. The fraction of sp³-hybridized carbons (Fsp3) is 0.435. The third kappa shape index (κ3) is 3.09. The summed E-state index contributed by atoms with van der Waals surface area (Å²) >= 11 is 6.12. The number of benzene rings is 2. The van der Waals surface area contributed by atoms with Crippen molar-refractivity contribution in [2.75, 3.05) is 44.7 Å². The molecule has 0 saturated carbocycles. The lowest BCUT2D eigenvalue weighted by molar-refractivity contribution is 0.0620. The number of likely N-dealkylation sites (tertiary alicyclic amines) is 1. The highest BCUT2D eigenvalue weighted by atomic mass is 35.5. The second kappa shape index (κ2) is 7.09. The summed E-state index contributed by atoms with van der Waals surface area (Å²) in [4.78, 5) is 20.1. The van der Waals surface area contributed by atoms with E-state index in [9.17, 15) is 4.79 Å².